The quantitative estimate of drug-likeness (QED) is 0.0745. The standard InChI is InChI=1S/C68H72O8/c1-37-17-45-9-10-46-18-39(3)27-55(63(46)71)34-56-28-41(5)21-49(65(56)73)13-14-50-22-43(7)31-59(67(50)75)36-60-32-44(8)24-52(68(60)76)16-15-51-23-42(6)30-58(66(51)74)35-57-29-40(4)20-48(64(57)72)12-11-47-19-38(2)26-54(62(47)70)33-53(25-37)61(45)69/h17-32,69-76H,9-16,33-36H2,1-8H3. The highest BCUT2D eigenvalue weighted by Crippen LogP contribution is 2.40. The monoisotopic (exact) mass is 1020 g/mol. The van der Waals surface area contributed by atoms with Gasteiger partial charge in [-0.15, -0.1) is 0 Å². The highest BCUT2D eigenvalue weighted by Gasteiger charge is 2.22. The van der Waals surface area contributed by atoms with E-state index in [9.17, 15) is 40.9 Å². The third-order valence-electron chi connectivity index (χ3n) is 15.5. The molecule has 0 spiro atoms. The second-order valence-electron chi connectivity index (χ2n) is 22.2. The molecule has 8 N–H and O–H groups in total. The Morgan fingerprint density at radius 3 is 0.368 bits per heavy atom. The van der Waals surface area contributed by atoms with E-state index in [1.54, 1.807) is 0 Å². The minimum absolute atomic E-state index is 0.156. The van der Waals surface area contributed by atoms with Crippen LogP contribution in [0.3, 0.4) is 0 Å². The first kappa shape index (κ1) is 53.0. The minimum atomic E-state index is 0.156. The zero-order valence-corrected chi connectivity index (χ0v) is 45.3. The zero-order valence-electron chi connectivity index (χ0n) is 45.3. The summed E-state index contributed by atoms with van der Waals surface area (Å²) < 4.78 is 0. The summed E-state index contributed by atoms with van der Waals surface area (Å²) in [5.74, 6) is 1.25. The molecule has 1 aliphatic rings. The molecular weight excluding hydrogens is 945 g/mol. The van der Waals surface area contributed by atoms with Gasteiger partial charge in [-0.3, -0.25) is 0 Å². The number of benzene rings is 8. The van der Waals surface area contributed by atoms with Crippen LogP contribution in [0.5, 0.6) is 46.0 Å². The van der Waals surface area contributed by atoms with Gasteiger partial charge >= 0.3 is 0 Å². The predicted octanol–water partition coefficient (Wildman–Crippen LogP) is 13.6. The number of phenolic OH excluding ortho intramolecular Hbond substituents is 8. The molecule has 0 aliphatic heterocycles. The van der Waals surface area contributed by atoms with Gasteiger partial charge in [0.1, 0.15) is 46.0 Å². The number of fused-ring (bicyclic) bond motifs is 16. The van der Waals surface area contributed by atoms with Crippen LogP contribution < -0.4 is 0 Å². The van der Waals surface area contributed by atoms with Crippen LogP contribution in [0.1, 0.15) is 134 Å². The maximum Gasteiger partial charge on any atom is 0.122 e. The molecule has 392 valence electrons. The highest BCUT2D eigenvalue weighted by molar-refractivity contribution is 5.57. The Morgan fingerprint density at radius 2 is 0.263 bits per heavy atom. The van der Waals surface area contributed by atoms with Crippen molar-refractivity contribution in [2.75, 3.05) is 0 Å². The van der Waals surface area contributed by atoms with Crippen molar-refractivity contribution in [3.63, 3.8) is 0 Å². The van der Waals surface area contributed by atoms with Crippen LogP contribution in [0.25, 0.3) is 0 Å². The van der Waals surface area contributed by atoms with Gasteiger partial charge in [0, 0.05) is 25.7 Å². The maximum atomic E-state index is 11.8. The summed E-state index contributed by atoms with van der Waals surface area (Å²) in [5.41, 5.74) is 19.2. The third kappa shape index (κ3) is 11.5. The lowest BCUT2D eigenvalue weighted by atomic mass is 9.90. The Kier molecular flexibility index (Phi) is 15.2. The Morgan fingerprint density at radius 1 is 0.171 bits per heavy atom. The van der Waals surface area contributed by atoms with Crippen molar-refractivity contribution in [2.45, 2.75) is 132 Å². The van der Waals surface area contributed by atoms with Gasteiger partial charge in [0.15, 0.2) is 0 Å². The lowest BCUT2D eigenvalue weighted by Gasteiger charge is -2.18. The van der Waals surface area contributed by atoms with E-state index in [0.29, 0.717) is 122 Å². The predicted molar refractivity (Wildman–Crippen MR) is 304 cm³/mol. The number of hydrogen-bond donors (Lipinski definition) is 8. The molecule has 76 heavy (non-hydrogen) atoms. The summed E-state index contributed by atoms with van der Waals surface area (Å²) in [6.07, 6.45) is 4.82. The number of phenols is 8. The Labute approximate surface area is 447 Å². The van der Waals surface area contributed by atoms with Crippen molar-refractivity contribution in [1.82, 2.24) is 0 Å². The molecule has 0 unspecified atom stereocenters. The van der Waals surface area contributed by atoms with Crippen LogP contribution in [0, 0.1) is 55.4 Å². The van der Waals surface area contributed by atoms with Crippen LogP contribution in [0.2, 0.25) is 0 Å². The first-order chi connectivity index (χ1) is 36.2. The molecule has 0 fully saturated rings. The number of aromatic hydroxyl groups is 8. The van der Waals surface area contributed by atoms with Crippen molar-refractivity contribution in [2.24, 2.45) is 0 Å². The van der Waals surface area contributed by atoms with Gasteiger partial charge in [-0.2, -0.15) is 0 Å². The van der Waals surface area contributed by atoms with Gasteiger partial charge in [0.05, 0.1) is 0 Å². The van der Waals surface area contributed by atoms with E-state index in [0.717, 1.165) is 89.0 Å². The maximum absolute atomic E-state index is 11.8. The average molecular weight is 1020 g/mol. The summed E-state index contributed by atoms with van der Waals surface area (Å²) >= 11 is 0. The van der Waals surface area contributed by atoms with E-state index in [4.69, 9.17) is 0 Å². The molecule has 0 aromatic heterocycles. The molecule has 1 aliphatic carbocycles. The summed E-state index contributed by atoms with van der Waals surface area (Å²) in [4.78, 5) is 0. The van der Waals surface area contributed by atoms with Gasteiger partial charge in [0.2, 0.25) is 0 Å². The molecule has 0 atom stereocenters. The SMILES string of the molecule is Cc1cc2c(O)c(c1)Cc1cc(C)cc(c1O)CCc1cc(C)cc(c1O)Cc1cc(C)cc(c1O)CCc1cc(C)cc(c1O)Cc1cc(C)cc(c1O)CCc1cc(C)cc(c1O)Cc1cc(C)cc(c1O)CC2. The summed E-state index contributed by atoms with van der Waals surface area (Å²) in [7, 11) is 0. The van der Waals surface area contributed by atoms with Crippen LogP contribution in [0.4, 0.5) is 0 Å². The molecule has 0 radical (unpaired) electrons. The lowest BCUT2D eigenvalue weighted by Crippen LogP contribution is -2.03. The smallest absolute Gasteiger partial charge is 0.122 e. The second kappa shape index (κ2) is 21.8. The normalized spacial score (nSPS) is 13.6. The Balaban J connectivity index is 1.10. The Hall–Kier alpha value is -7.84. The fraction of sp³-hybridized carbons (Fsp3) is 0.294. The molecular formula is C68H72O8. The van der Waals surface area contributed by atoms with Crippen LogP contribution >= 0.6 is 0 Å². The molecule has 0 amide bonds. The van der Waals surface area contributed by atoms with E-state index >= 15 is 0 Å². The van der Waals surface area contributed by atoms with Gasteiger partial charge in [-0.1, -0.05) is 142 Å². The largest absolute Gasteiger partial charge is 0.507 e. The number of rotatable bonds is 0. The first-order valence-electron chi connectivity index (χ1n) is 26.7. The van der Waals surface area contributed by atoms with E-state index in [1.807, 2.05) is 152 Å². The van der Waals surface area contributed by atoms with Crippen molar-refractivity contribution < 1.29 is 40.9 Å². The second-order valence-corrected chi connectivity index (χ2v) is 22.2. The fourth-order valence-corrected chi connectivity index (χ4v) is 12.0. The molecule has 0 saturated heterocycles. The molecule has 0 heterocycles. The molecule has 8 nitrogen and oxygen atoms in total. The topological polar surface area (TPSA) is 162 Å². The highest BCUT2D eigenvalue weighted by atomic mass is 16.3. The van der Waals surface area contributed by atoms with E-state index in [2.05, 4.69) is 0 Å². The molecule has 0 saturated carbocycles. The van der Waals surface area contributed by atoms with Crippen LogP contribution in [0.15, 0.2) is 97.1 Å². The van der Waals surface area contributed by atoms with E-state index in [-0.39, 0.29) is 46.0 Å². The number of hydrogen-bond acceptors (Lipinski definition) is 8. The van der Waals surface area contributed by atoms with E-state index in [1.165, 1.54) is 0 Å². The zero-order chi connectivity index (χ0) is 54.3. The van der Waals surface area contributed by atoms with Crippen molar-refractivity contribution in [3.05, 3.63) is 231 Å². The molecule has 8 aromatic carbocycles. The van der Waals surface area contributed by atoms with Gasteiger partial charge < -0.3 is 40.9 Å². The summed E-state index contributed by atoms with van der Waals surface area (Å²) in [6, 6.07) is 31.4. The van der Waals surface area contributed by atoms with Crippen molar-refractivity contribution in [1.29, 1.82) is 0 Å². The first-order valence-corrected chi connectivity index (χ1v) is 26.7. The minimum Gasteiger partial charge on any atom is -0.507 e. The average Bonchev–Trinajstić information content (AvgIpc) is 3.36. The lowest BCUT2D eigenvalue weighted by molar-refractivity contribution is 0.449. The van der Waals surface area contributed by atoms with Gasteiger partial charge in [0.25, 0.3) is 0 Å². The molecule has 8 aromatic rings. The fourth-order valence-electron chi connectivity index (χ4n) is 12.0. The van der Waals surface area contributed by atoms with Crippen molar-refractivity contribution >= 4 is 0 Å². The van der Waals surface area contributed by atoms with Gasteiger partial charge in [-0.25, -0.2) is 0 Å². The third-order valence-corrected chi connectivity index (χ3v) is 15.5. The number of aryl methyl sites for hydroxylation is 16. The van der Waals surface area contributed by atoms with Crippen molar-refractivity contribution in [3.8, 4) is 46.0 Å². The molecule has 8 heteroatoms. The summed E-state index contributed by atoms with van der Waals surface area (Å²) in [5, 5.41) is 94.8. The Bertz CT molecular complexity index is 2870. The molecule has 16 bridgehead atoms. The summed E-state index contributed by atoms with van der Waals surface area (Å²) in [6.45, 7) is 15.9. The molecule has 9 rings (SSSR count). The van der Waals surface area contributed by atoms with Crippen LogP contribution in [-0.4, -0.2) is 40.9 Å². The van der Waals surface area contributed by atoms with Gasteiger partial charge in [-0.05, 0) is 196 Å². The van der Waals surface area contributed by atoms with E-state index < -0.39 is 0 Å². The van der Waals surface area contributed by atoms with Crippen LogP contribution in [-0.2, 0) is 77.0 Å².